The molecule has 0 spiro atoms. The fraction of sp³-hybridized carbons (Fsp3) is 0.618. The van der Waals surface area contributed by atoms with E-state index in [1.807, 2.05) is 18.2 Å². The van der Waals surface area contributed by atoms with E-state index in [0.29, 0.717) is 12.8 Å². The Hall–Kier alpha value is -2.35. The van der Waals surface area contributed by atoms with Crippen LogP contribution in [0.15, 0.2) is 60.8 Å². The third kappa shape index (κ3) is 26.7. The van der Waals surface area contributed by atoms with Gasteiger partial charge in [-0.15, -0.1) is 0 Å². The first-order valence-electron chi connectivity index (χ1n) is 14.7. The molecule has 0 aliphatic carbocycles. The lowest BCUT2D eigenvalue weighted by atomic mass is 10.1. The molecule has 0 aromatic carbocycles. The molecule has 38 heavy (non-hydrogen) atoms. The molecule has 4 heteroatoms. The minimum Gasteiger partial charge on any atom is -0.469 e. The summed E-state index contributed by atoms with van der Waals surface area (Å²) in [7, 11) is 3.13. The van der Waals surface area contributed by atoms with E-state index in [0.717, 1.165) is 38.5 Å². The number of ether oxygens (including phenoxy) is 2. The van der Waals surface area contributed by atoms with Crippen molar-refractivity contribution in [3.05, 3.63) is 60.8 Å². The maximum Gasteiger partial charge on any atom is 0.305 e. The molecular weight excluding hydrogens is 472 g/mol. The second-order valence-corrected chi connectivity index (χ2v) is 9.50. The summed E-state index contributed by atoms with van der Waals surface area (Å²) in [6, 6.07) is 0. The number of rotatable bonds is 23. The van der Waals surface area contributed by atoms with Gasteiger partial charge >= 0.3 is 5.97 Å². The number of hydrogen-bond acceptors (Lipinski definition) is 4. The zero-order chi connectivity index (χ0) is 27.9. The molecule has 0 saturated carbocycles. The monoisotopic (exact) mass is 526 g/mol. The third-order valence-corrected chi connectivity index (χ3v) is 6.12. The van der Waals surface area contributed by atoms with Crippen molar-refractivity contribution < 1.29 is 19.4 Å². The van der Waals surface area contributed by atoms with Crippen molar-refractivity contribution in [2.45, 2.75) is 122 Å². The first-order chi connectivity index (χ1) is 18.6. The van der Waals surface area contributed by atoms with Crippen molar-refractivity contribution >= 4 is 5.97 Å². The summed E-state index contributed by atoms with van der Waals surface area (Å²) >= 11 is 0. The molecule has 4 nitrogen and oxygen atoms in total. The van der Waals surface area contributed by atoms with Crippen LogP contribution in [0.3, 0.4) is 0 Å². The predicted octanol–water partition coefficient (Wildman–Crippen LogP) is 8.58. The Morgan fingerprint density at radius 3 is 2.08 bits per heavy atom. The van der Waals surface area contributed by atoms with Crippen molar-refractivity contribution in [2.24, 2.45) is 0 Å². The van der Waals surface area contributed by atoms with Crippen molar-refractivity contribution in [3.8, 4) is 11.8 Å². The van der Waals surface area contributed by atoms with Gasteiger partial charge in [-0.25, -0.2) is 0 Å². The largest absolute Gasteiger partial charge is 0.469 e. The number of esters is 1. The quantitative estimate of drug-likeness (QED) is 0.0476. The molecule has 0 amide bonds. The minimum atomic E-state index is -0.481. The zero-order valence-electron chi connectivity index (χ0n) is 24.4. The molecule has 0 aliphatic heterocycles. The number of aliphatic hydroxyl groups is 1. The minimum absolute atomic E-state index is 0.0835. The van der Waals surface area contributed by atoms with E-state index in [2.05, 4.69) is 53.9 Å². The Bertz CT molecular complexity index is 748. The average molecular weight is 527 g/mol. The van der Waals surface area contributed by atoms with Crippen molar-refractivity contribution in [1.82, 2.24) is 0 Å². The van der Waals surface area contributed by atoms with Crippen LogP contribution in [0.4, 0.5) is 0 Å². The molecule has 0 aromatic heterocycles. The normalized spacial score (nSPS) is 13.7. The molecule has 0 heterocycles. The number of hydrogen-bond donors (Lipinski definition) is 1. The number of carbonyl (C=O) groups excluding carboxylic acids is 1. The Balaban J connectivity index is 3.65. The Labute approximate surface area is 234 Å². The van der Waals surface area contributed by atoms with Crippen LogP contribution in [0, 0.1) is 11.8 Å². The van der Waals surface area contributed by atoms with E-state index < -0.39 is 6.10 Å². The smallest absolute Gasteiger partial charge is 0.305 e. The Morgan fingerprint density at radius 1 is 0.789 bits per heavy atom. The second kappa shape index (κ2) is 29.2. The van der Waals surface area contributed by atoms with E-state index in [9.17, 15) is 9.90 Å². The van der Waals surface area contributed by atoms with Crippen LogP contribution in [0.2, 0.25) is 0 Å². The number of unbranched alkanes of at least 4 members (excludes halogenated alkanes) is 10. The van der Waals surface area contributed by atoms with Gasteiger partial charge in [0.2, 0.25) is 0 Å². The predicted molar refractivity (Wildman–Crippen MR) is 162 cm³/mol. The SMILES string of the molecule is CC/C=C\C[C@@H](C#C/C=C/C=C/[C@H](O)C/C=C\C/C=C\CCCCCCCCCCCCC(=O)OC)OC. The molecule has 214 valence electrons. The molecule has 0 fully saturated rings. The van der Waals surface area contributed by atoms with Crippen molar-refractivity contribution in [2.75, 3.05) is 14.2 Å². The van der Waals surface area contributed by atoms with E-state index in [1.165, 1.54) is 58.5 Å². The molecule has 0 saturated heterocycles. The fourth-order valence-electron chi connectivity index (χ4n) is 3.79. The van der Waals surface area contributed by atoms with Crippen LogP contribution in [-0.4, -0.2) is 37.5 Å². The van der Waals surface area contributed by atoms with Gasteiger partial charge < -0.3 is 14.6 Å². The number of methoxy groups -OCH3 is 2. The summed E-state index contributed by atoms with van der Waals surface area (Å²) in [4.78, 5) is 11.0. The summed E-state index contributed by atoms with van der Waals surface area (Å²) in [5, 5.41) is 10.0. The van der Waals surface area contributed by atoms with E-state index in [-0.39, 0.29) is 12.1 Å². The summed E-state index contributed by atoms with van der Waals surface area (Å²) < 4.78 is 9.99. The zero-order valence-corrected chi connectivity index (χ0v) is 24.4. The van der Waals surface area contributed by atoms with E-state index in [4.69, 9.17) is 4.74 Å². The molecule has 0 aromatic rings. The maximum absolute atomic E-state index is 11.0. The van der Waals surface area contributed by atoms with Crippen LogP contribution in [-0.2, 0) is 14.3 Å². The van der Waals surface area contributed by atoms with Gasteiger partial charge in [-0.05, 0) is 44.6 Å². The summed E-state index contributed by atoms with van der Waals surface area (Å²) in [5.41, 5.74) is 0. The summed E-state index contributed by atoms with van der Waals surface area (Å²) in [6.45, 7) is 2.11. The molecule has 0 aliphatic rings. The second-order valence-electron chi connectivity index (χ2n) is 9.50. The average Bonchev–Trinajstić information content (AvgIpc) is 2.93. The highest BCUT2D eigenvalue weighted by Crippen LogP contribution is 2.12. The standard InChI is InChI=1S/C34H54O4/c1-4-5-22-29-33(37-2)30-25-21-20-24-28-32(35)27-23-18-16-14-12-10-8-6-7-9-11-13-15-17-19-26-31-34(36)38-3/h5,12,14,18,20-24,28,32-33,35H,4,6-11,13,15-17,19,26-27,29,31H2,1-3H3/b14-12-,21-20+,22-5-,23-18-,28-24+/t32-,33+/m1/s1. The summed E-state index contributed by atoms with van der Waals surface area (Å²) in [6.07, 6.45) is 37.1. The van der Waals surface area contributed by atoms with Crippen LogP contribution in [0.5, 0.6) is 0 Å². The topological polar surface area (TPSA) is 55.8 Å². The fourth-order valence-corrected chi connectivity index (χ4v) is 3.79. The van der Waals surface area contributed by atoms with Gasteiger partial charge in [0.05, 0.1) is 13.2 Å². The van der Waals surface area contributed by atoms with Crippen LogP contribution in [0.25, 0.3) is 0 Å². The lowest BCUT2D eigenvalue weighted by Crippen LogP contribution is -2.05. The van der Waals surface area contributed by atoms with Gasteiger partial charge in [-0.1, -0.05) is 125 Å². The van der Waals surface area contributed by atoms with Gasteiger partial charge in [0.15, 0.2) is 0 Å². The highest BCUT2D eigenvalue weighted by molar-refractivity contribution is 5.68. The maximum atomic E-state index is 11.0. The van der Waals surface area contributed by atoms with Crippen LogP contribution >= 0.6 is 0 Å². The molecule has 2 atom stereocenters. The van der Waals surface area contributed by atoms with E-state index in [1.54, 1.807) is 19.3 Å². The van der Waals surface area contributed by atoms with Gasteiger partial charge in [0, 0.05) is 20.0 Å². The van der Waals surface area contributed by atoms with Crippen LogP contribution in [0.1, 0.15) is 110 Å². The highest BCUT2D eigenvalue weighted by Gasteiger charge is 1.99. The van der Waals surface area contributed by atoms with Crippen molar-refractivity contribution in [1.29, 1.82) is 0 Å². The molecule has 1 N–H and O–H groups in total. The lowest BCUT2D eigenvalue weighted by Gasteiger charge is -2.03. The van der Waals surface area contributed by atoms with Gasteiger partial charge in [-0.3, -0.25) is 4.79 Å². The number of aliphatic hydroxyl groups excluding tert-OH is 1. The first kappa shape index (κ1) is 35.6. The van der Waals surface area contributed by atoms with Crippen LogP contribution < -0.4 is 0 Å². The lowest BCUT2D eigenvalue weighted by molar-refractivity contribution is -0.140. The molecule has 0 rings (SSSR count). The highest BCUT2D eigenvalue weighted by atomic mass is 16.5. The van der Waals surface area contributed by atoms with Crippen molar-refractivity contribution in [3.63, 3.8) is 0 Å². The molecule has 0 radical (unpaired) electrons. The van der Waals surface area contributed by atoms with E-state index >= 15 is 0 Å². The Morgan fingerprint density at radius 2 is 1.42 bits per heavy atom. The Kier molecular flexibility index (Phi) is 27.4. The van der Waals surface area contributed by atoms with Gasteiger partial charge in [0.1, 0.15) is 6.10 Å². The van der Waals surface area contributed by atoms with Gasteiger partial charge in [-0.2, -0.15) is 0 Å². The first-order valence-corrected chi connectivity index (χ1v) is 14.7. The number of allylic oxidation sites excluding steroid dienone is 7. The summed E-state index contributed by atoms with van der Waals surface area (Å²) in [5.74, 6) is 5.97. The third-order valence-electron chi connectivity index (χ3n) is 6.12. The molecule has 0 unspecified atom stereocenters. The molecule has 0 bridgehead atoms. The molecular formula is C34H54O4. The number of carbonyl (C=O) groups is 1. The van der Waals surface area contributed by atoms with Gasteiger partial charge in [0.25, 0.3) is 0 Å².